The van der Waals surface area contributed by atoms with Crippen molar-refractivity contribution in [2.75, 3.05) is 18.9 Å². The molecule has 0 spiro atoms. The van der Waals surface area contributed by atoms with Gasteiger partial charge in [0.25, 0.3) is 10.0 Å². The van der Waals surface area contributed by atoms with Gasteiger partial charge in [0, 0.05) is 17.5 Å². The van der Waals surface area contributed by atoms with E-state index in [1.165, 1.54) is 36.6 Å². The minimum Gasteiger partial charge on any atom is -0.494 e. The van der Waals surface area contributed by atoms with Crippen LogP contribution >= 0.6 is 11.3 Å². The van der Waals surface area contributed by atoms with Gasteiger partial charge in [-0.15, -0.1) is 11.3 Å². The summed E-state index contributed by atoms with van der Waals surface area (Å²) in [7, 11) is -0.663. The Bertz CT molecular complexity index is 729. The van der Waals surface area contributed by atoms with Gasteiger partial charge in [-0.2, -0.15) is 0 Å². The molecule has 8 heteroatoms. The quantitative estimate of drug-likeness (QED) is 0.853. The number of hydrogen-bond donors (Lipinski definition) is 2. The Morgan fingerprint density at radius 2 is 2.10 bits per heavy atom. The van der Waals surface area contributed by atoms with Crippen LogP contribution in [0, 0.1) is 5.82 Å². The normalized spacial score (nSPS) is 11.4. The van der Waals surface area contributed by atoms with E-state index < -0.39 is 15.8 Å². The number of ether oxygens (including phenoxy) is 1. The van der Waals surface area contributed by atoms with Crippen molar-refractivity contribution < 1.29 is 17.5 Å². The molecule has 0 bridgehead atoms. The van der Waals surface area contributed by atoms with Gasteiger partial charge in [-0.25, -0.2) is 12.8 Å². The molecular formula is C13H15FN2O3S2. The highest BCUT2D eigenvalue weighted by molar-refractivity contribution is 7.93. The zero-order valence-corrected chi connectivity index (χ0v) is 13.1. The third-order valence-electron chi connectivity index (χ3n) is 2.74. The van der Waals surface area contributed by atoms with E-state index in [1.807, 2.05) is 0 Å². The van der Waals surface area contributed by atoms with Crippen LogP contribution in [0.15, 0.2) is 34.5 Å². The predicted octanol–water partition coefficient (Wildman–Crippen LogP) is 2.42. The first-order valence-electron chi connectivity index (χ1n) is 6.05. The Balaban J connectivity index is 2.29. The molecule has 21 heavy (non-hydrogen) atoms. The Kier molecular flexibility index (Phi) is 4.81. The molecule has 1 heterocycles. The van der Waals surface area contributed by atoms with E-state index in [0.717, 1.165) is 6.07 Å². The van der Waals surface area contributed by atoms with Crippen molar-refractivity contribution in [1.82, 2.24) is 5.32 Å². The van der Waals surface area contributed by atoms with Crippen LogP contribution < -0.4 is 14.8 Å². The fourth-order valence-electron chi connectivity index (χ4n) is 1.80. The Morgan fingerprint density at radius 3 is 2.71 bits per heavy atom. The molecule has 2 rings (SSSR count). The van der Waals surface area contributed by atoms with E-state index in [-0.39, 0.29) is 16.3 Å². The highest BCUT2D eigenvalue weighted by Gasteiger charge is 2.20. The summed E-state index contributed by atoms with van der Waals surface area (Å²) in [5, 5.41) is 4.62. The fourth-order valence-corrected chi connectivity index (χ4v) is 4.30. The van der Waals surface area contributed by atoms with Crippen molar-refractivity contribution in [2.24, 2.45) is 0 Å². The molecule has 0 atom stereocenters. The number of sulfonamides is 1. The standard InChI is InChI=1S/C13H15FN2O3S2/c1-15-8-12-13(5-6-20-12)21(17,18)16-9-3-4-11(19-2)10(14)7-9/h3-7,15-16H,8H2,1-2H3. The summed E-state index contributed by atoms with van der Waals surface area (Å²) < 4.78 is 45.4. The maximum absolute atomic E-state index is 13.6. The van der Waals surface area contributed by atoms with Crippen LogP contribution in [-0.2, 0) is 16.6 Å². The molecule has 0 radical (unpaired) electrons. The number of rotatable bonds is 6. The molecule has 2 N–H and O–H groups in total. The second-order valence-corrected chi connectivity index (χ2v) is 6.84. The van der Waals surface area contributed by atoms with Crippen LogP contribution in [0.25, 0.3) is 0 Å². The van der Waals surface area contributed by atoms with Gasteiger partial charge in [-0.05, 0) is 30.6 Å². The van der Waals surface area contributed by atoms with Crippen LogP contribution in [0.1, 0.15) is 4.88 Å². The Labute approximate surface area is 126 Å². The number of anilines is 1. The van der Waals surface area contributed by atoms with Gasteiger partial charge < -0.3 is 10.1 Å². The van der Waals surface area contributed by atoms with Crippen LogP contribution in [-0.4, -0.2) is 22.6 Å². The van der Waals surface area contributed by atoms with E-state index in [0.29, 0.717) is 11.4 Å². The molecule has 0 aliphatic carbocycles. The summed E-state index contributed by atoms with van der Waals surface area (Å²) in [4.78, 5) is 0.886. The van der Waals surface area contributed by atoms with Crippen LogP contribution in [0.3, 0.4) is 0 Å². The van der Waals surface area contributed by atoms with Crippen molar-refractivity contribution in [2.45, 2.75) is 11.4 Å². The summed E-state index contributed by atoms with van der Waals surface area (Å²) in [6.45, 7) is 0.449. The summed E-state index contributed by atoms with van der Waals surface area (Å²) >= 11 is 1.35. The molecule has 114 valence electrons. The van der Waals surface area contributed by atoms with Crippen LogP contribution in [0.2, 0.25) is 0 Å². The number of halogens is 1. The average molecular weight is 330 g/mol. The highest BCUT2D eigenvalue weighted by Crippen LogP contribution is 2.26. The van der Waals surface area contributed by atoms with Gasteiger partial charge in [0.2, 0.25) is 0 Å². The van der Waals surface area contributed by atoms with Crippen LogP contribution in [0.4, 0.5) is 10.1 Å². The molecule has 0 saturated heterocycles. The number of thiophene rings is 1. The average Bonchev–Trinajstić information content (AvgIpc) is 2.88. The Hall–Kier alpha value is -1.64. The zero-order valence-electron chi connectivity index (χ0n) is 11.5. The fraction of sp³-hybridized carbons (Fsp3) is 0.231. The molecule has 0 amide bonds. The number of benzene rings is 1. The zero-order chi connectivity index (χ0) is 15.5. The molecule has 0 unspecified atom stereocenters. The lowest BCUT2D eigenvalue weighted by Gasteiger charge is -2.10. The lowest BCUT2D eigenvalue weighted by atomic mass is 10.3. The summed E-state index contributed by atoms with van der Waals surface area (Å²) in [6.07, 6.45) is 0. The van der Waals surface area contributed by atoms with Crippen molar-refractivity contribution in [3.05, 3.63) is 40.3 Å². The molecule has 5 nitrogen and oxygen atoms in total. The number of methoxy groups -OCH3 is 1. The maximum atomic E-state index is 13.6. The molecule has 1 aromatic heterocycles. The number of nitrogens with one attached hydrogen (secondary N) is 2. The minimum absolute atomic E-state index is 0.0596. The smallest absolute Gasteiger partial charge is 0.263 e. The predicted molar refractivity (Wildman–Crippen MR) is 80.8 cm³/mol. The first-order valence-corrected chi connectivity index (χ1v) is 8.41. The first-order chi connectivity index (χ1) is 9.97. The monoisotopic (exact) mass is 330 g/mol. The van der Waals surface area contributed by atoms with Gasteiger partial charge in [-0.3, -0.25) is 4.72 Å². The summed E-state index contributed by atoms with van der Waals surface area (Å²) in [5.41, 5.74) is 0.148. The topological polar surface area (TPSA) is 67.4 Å². The minimum atomic E-state index is -3.75. The van der Waals surface area contributed by atoms with Gasteiger partial charge in [0.1, 0.15) is 4.90 Å². The third-order valence-corrected chi connectivity index (χ3v) is 5.25. The molecule has 2 aromatic rings. The lowest BCUT2D eigenvalue weighted by Crippen LogP contribution is -2.15. The van der Waals surface area contributed by atoms with Gasteiger partial charge >= 0.3 is 0 Å². The van der Waals surface area contributed by atoms with E-state index in [1.54, 1.807) is 12.4 Å². The largest absolute Gasteiger partial charge is 0.494 e. The summed E-state index contributed by atoms with van der Waals surface area (Å²) in [6, 6.07) is 5.43. The van der Waals surface area contributed by atoms with Crippen molar-refractivity contribution in [3.8, 4) is 5.75 Å². The van der Waals surface area contributed by atoms with Crippen molar-refractivity contribution >= 4 is 27.0 Å². The molecule has 0 aliphatic heterocycles. The second kappa shape index (κ2) is 6.42. The maximum Gasteiger partial charge on any atom is 0.263 e. The number of hydrogen-bond acceptors (Lipinski definition) is 5. The molecule has 0 aliphatic rings. The van der Waals surface area contributed by atoms with Gasteiger partial charge in [0.05, 0.1) is 12.8 Å². The van der Waals surface area contributed by atoms with Crippen molar-refractivity contribution in [3.63, 3.8) is 0 Å². The van der Waals surface area contributed by atoms with Gasteiger partial charge in [0.15, 0.2) is 11.6 Å². The first kappa shape index (κ1) is 15.7. The molecule has 0 fully saturated rings. The molecular weight excluding hydrogens is 315 g/mol. The highest BCUT2D eigenvalue weighted by atomic mass is 32.2. The SMILES string of the molecule is CNCc1sccc1S(=O)(=O)Nc1ccc(OC)c(F)c1. The molecule has 1 aromatic carbocycles. The van der Waals surface area contributed by atoms with E-state index in [9.17, 15) is 12.8 Å². The molecule has 0 saturated carbocycles. The third kappa shape index (κ3) is 3.52. The summed E-state index contributed by atoms with van der Waals surface area (Å²) in [5.74, 6) is -0.567. The Morgan fingerprint density at radius 1 is 1.33 bits per heavy atom. The van der Waals surface area contributed by atoms with E-state index in [2.05, 4.69) is 10.0 Å². The lowest BCUT2D eigenvalue weighted by molar-refractivity contribution is 0.386. The van der Waals surface area contributed by atoms with E-state index >= 15 is 0 Å². The van der Waals surface area contributed by atoms with Crippen LogP contribution in [0.5, 0.6) is 5.75 Å². The van der Waals surface area contributed by atoms with E-state index in [4.69, 9.17) is 4.74 Å². The van der Waals surface area contributed by atoms with Crippen molar-refractivity contribution in [1.29, 1.82) is 0 Å². The second-order valence-electron chi connectivity index (χ2n) is 4.19. The van der Waals surface area contributed by atoms with Gasteiger partial charge in [-0.1, -0.05) is 0 Å².